The fraction of sp³-hybridized carbons (Fsp3) is 0.600. The van der Waals surface area contributed by atoms with Gasteiger partial charge in [0.05, 0.1) is 6.61 Å². The Balaban J connectivity index is 2.89. The number of aryl methyl sites for hydroxylation is 1. The zero-order valence-corrected chi connectivity index (χ0v) is 13.2. The highest BCUT2D eigenvalue weighted by Gasteiger charge is 2.16. The van der Waals surface area contributed by atoms with E-state index in [9.17, 15) is 4.79 Å². The molecule has 0 atom stereocenters. The summed E-state index contributed by atoms with van der Waals surface area (Å²) in [5.74, 6) is 5.93. The number of carbonyl (C=O) groups is 1. The quantitative estimate of drug-likeness (QED) is 0.412. The van der Waals surface area contributed by atoms with Crippen molar-refractivity contribution in [2.75, 3.05) is 31.7 Å². The van der Waals surface area contributed by atoms with Crippen LogP contribution in [0.3, 0.4) is 0 Å². The topological polar surface area (TPSA) is 80.5 Å². The van der Waals surface area contributed by atoms with E-state index in [1.54, 1.807) is 11.0 Å². The Morgan fingerprint density at radius 3 is 2.71 bits per heavy atom. The van der Waals surface area contributed by atoms with E-state index in [1.165, 1.54) is 0 Å². The molecular formula is C15H26N4O2. The van der Waals surface area contributed by atoms with Crippen LogP contribution in [0.1, 0.15) is 43.2 Å². The average Bonchev–Trinajstić information content (AvgIpc) is 2.51. The number of rotatable bonds is 9. The Morgan fingerprint density at radius 1 is 1.38 bits per heavy atom. The molecule has 0 bridgehead atoms. The lowest BCUT2D eigenvalue weighted by atomic mass is 10.1. The highest BCUT2D eigenvalue weighted by atomic mass is 16.5. The number of amides is 1. The van der Waals surface area contributed by atoms with Gasteiger partial charge in [0.2, 0.25) is 0 Å². The minimum Gasteiger partial charge on any atom is -0.380 e. The predicted molar refractivity (Wildman–Crippen MR) is 84.1 cm³/mol. The Hall–Kier alpha value is -1.66. The zero-order chi connectivity index (χ0) is 15.7. The van der Waals surface area contributed by atoms with E-state index in [0.717, 1.165) is 18.5 Å². The number of ether oxygens (including phenoxy) is 1. The molecule has 1 aromatic heterocycles. The van der Waals surface area contributed by atoms with Gasteiger partial charge in [0.1, 0.15) is 5.82 Å². The van der Waals surface area contributed by atoms with Crippen molar-refractivity contribution in [2.45, 2.75) is 33.6 Å². The molecular weight excluding hydrogens is 268 g/mol. The highest BCUT2D eigenvalue weighted by molar-refractivity contribution is 5.95. The number of hydrogen-bond donors (Lipinski definition) is 2. The summed E-state index contributed by atoms with van der Waals surface area (Å²) >= 11 is 0. The normalized spacial score (nSPS) is 10.5. The molecule has 21 heavy (non-hydrogen) atoms. The van der Waals surface area contributed by atoms with Crippen LogP contribution in [-0.2, 0) is 11.2 Å². The van der Waals surface area contributed by atoms with E-state index in [0.29, 0.717) is 37.7 Å². The van der Waals surface area contributed by atoms with Crippen molar-refractivity contribution in [1.82, 2.24) is 9.88 Å². The lowest BCUT2D eigenvalue weighted by Crippen LogP contribution is -2.34. The summed E-state index contributed by atoms with van der Waals surface area (Å²) in [5, 5.41) is 0. The first-order valence-electron chi connectivity index (χ1n) is 7.50. The van der Waals surface area contributed by atoms with E-state index in [4.69, 9.17) is 10.6 Å². The molecule has 1 aromatic rings. The number of hydrazine groups is 1. The molecule has 0 saturated carbocycles. The van der Waals surface area contributed by atoms with Gasteiger partial charge in [-0.25, -0.2) is 10.8 Å². The van der Waals surface area contributed by atoms with Crippen LogP contribution in [0.4, 0.5) is 5.82 Å². The Morgan fingerprint density at radius 2 is 2.14 bits per heavy atom. The molecule has 3 N–H and O–H groups in total. The molecule has 1 rings (SSSR count). The SMILES string of the molecule is CCCc1cc(C(=O)N(CC)CCOCC)cc(NN)n1. The van der Waals surface area contributed by atoms with Gasteiger partial charge in [-0.05, 0) is 32.4 Å². The largest absolute Gasteiger partial charge is 0.380 e. The van der Waals surface area contributed by atoms with Crippen molar-refractivity contribution in [3.8, 4) is 0 Å². The summed E-state index contributed by atoms with van der Waals surface area (Å²) in [7, 11) is 0. The minimum atomic E-state index is -0.0199. The summed E-state index contributed by atoms with van der Waals surface area (Å²) < 4.78 is 5.32. The maximum atomic E-state index is 12.6. The maximum Gasteiger partial charge on any atom is 0.254 e. The third kappa shape index (κ3) is 5.32. The molecule has 118 valence electrons. The molecule has 6 nitrogen and oxygen atoms in total. The number of anilines is 1. The average molecular weight is 294 g/mol. The van der Waals surface area contributed by atoms with E-state index in [-0.39, 0.29) is 5.91 Å². The van der Waals surface area contributed by atoms with Crippen molar-refractivity contribution in [1.29, 1.82) is 0 Å². The fourth-order valence-electron chi connectivity index (χ4n) is 2.07. The van der Waals surface area contributed by atoms with Crippen LogP contribution >= 0.6 is 0 Å². The van der Waals surface area contributed by atoms with Crippen LogP contribution in [0, 0.1) is 0 Å². The Bertz CT molecular complexity index is 451. The third-order valence-electron chi connectivity index (χ3n) is 3.16. The first kappa shape index (κ1) is 17.4. The molecule has 0 aromatic carbocycles. The van der Waals surface area contributed by atoms with Crippen LogP contribution in [0.25, 0.3) is 0 Å². The third-order valence-corrected chi connectivity index (χ3v) is 3.16. The van der Waals surface area contributed by atoms with Crippen LogP contribution in [0.5, 0.6) is 0 Å². The van der Waals surface area contributed by atoms with Gasteiger partial charge in [0, 0.05) is 31.0 Å². The number of carbonyl (C=O) groups excluding carboxylic acids is 1. The van der Waals surface area contributed by atoms with Crippen molar-refractivity contribution < 1.29 is 9.53 Å². The van der Waals surface area contributed by atoms with Gasteiger partial charge in [0.25, 0.3) is 5.91 Å². The van der Waals surface area contributed by atoms with Crippen molar-refractivity contribution in [2.24, 2.45) is 5.84 Å². The number of nitrogens with one attached hydrogen (secondary N) is 1. The predicted octanol–water partition coefficient (Wildman–Crippen LogP) is 1.82. The number of nitrogens with two attached hydrogens (primary N) is 1. The number of hydrogen-bond acceptors (Lipinski definition) is 5. The van der Waals surface area contributed by atoms with Gasteiger partial charge < -0.3 is 15.1 Å². The van der Waals surface area contributed by atoms with Crippen LogP contribution in [-0.4, -0.2) is 42.1 Å². The minimum absolute atomic E-state index is 0.0199. The second kappa shape index (κ2) is 9.31. The highest BCUT2D eigenvalue weighted by Crippen LogP contribution is 2.13. The number of nitrogen functional groups attached to an aromatic ring is 1. The molecule has 6 heteroatoms. The van der Waals surface area contributed by atoms with Gasteiger partial charge in [-0.1, -0.05) is 13.3 Å². The van der Waals surface area contributed by atoms with E-state index >= 15 is 0 Å². The van der Waals surface area contributed by atoms with Crippen LogP contribution in [0.2, 0.25) is 0 Å². The molecule has 0 fully saturated rings. The second-order valence-corrected chi connectivity index (χ2v) is 4.71. The molecule has 0 spiro atoms. The lowest BCUT2D eigenvalue weighted by molar-refractivity contribution is 0.0669. The smallest absolute Gasteiger partial charge is 0.254 e. The molecule has 1 heterocycles. The number of aromatic nitrogens is 1. The van der Waals surface area contributed by atoms with Gasteiger partial charge in [0.15, 0.2) is 0 Å². The first-order chi connectivity index (χ1) is 10.2. The van der Waals surface area contributed by atoms with Crippen molar-refractivity contribution in [3.63, 3.8) is 0 Å². The van der Waals surface area contributed by atoms with Gasteiger partial charge in [-0.3, -0.25) is 4.79 Å². The van der Waals surface area contributed by atoms with Crippen LogP contribution < -0.4 is 11.3 Å². The standard InChI is InChI=1S/C15H26N4O2/c1-4-7-13-10-12(11-14(17-13)18-16)15(20)19(5-2)8-9-21-6-3/h10-11H,4-9,16H2,1-3H3,(H,17,18). The number of likely N-dealkylation sites (N-methyl/N-ethyl adjacent to an activating group) is 1. The van der Waals surface area contributed by atoms with Gasteiger partial charge in [-0.2, -0.15) is 0 Å². The monoisotopic (exact) mass is 294 g/mol. The molecule has 0 aliphatic carbocycles. The lowest BCUT2D eigenvalue weighted by Gasteiger charge is -2.21. The summed E-state index contributed by atoms with van der Waals surface area (Å²) in [6.45, 7) is 8.40. The molecule has 0 aliphatic rings. The summed E-state index contributed by atoms with van der Waals surface area (Å²) in [5.41, 5.74) is 4.01. The summed E-state index contributed by atoms with van der Waals surface area (Å²) in [6, 6.07) is 3.53. The van der Waals surface area contributed by atoms with Crippen molar-refractivity contribution >= 4 is 11.7 Å². The molecule has 0 radical (unpaired) electrons. The van der Waals surface area contributed by atoms with Crippen LogP contribution in [0.15, 0.2) is 12.1 Å². The zero-order valence-electron chi connectivity index (χ0n) is 13.2. The second-order valence-electron chi connectivity index (χ2n) is 4.71. The molecule has 0 unspecified atom stereocenters. The number of pyridine rings is 1. The van der Waals surface area contributed by atoms with Gasteiger partial charge in [-0.15, -0.1) is 0 Å². The van der Waals surface area contributed by atoms with E-state index < -0.39 is 0 Å². The molecule has 0 aliphatic heterocycles. The Labute approximate surface area is 126 Å². The van der Waals surface area contributed by atoms with E-state index in [2.05, 4.69) is 17.3 Å². The van der Waals surface area contributed by atoms with E-state index in [1.807, 2.05) is 19.9 Å². The van der Waals surface area contributed by atoms with Crippen molar-refractivity contribution in [3.05, 3.63) is 23.4 Å². The Kier molecular flexibility index (Phi) is 7.71. The summed E-state index contributed by atoms with van der Waals surface area (Å²) in [6.07, 6.45) is 1.79. The fourth-order valence-corrected chi connectivity index (χ4v) is 2.07. The van der Waals surface area contributed by atoms with Gasteiger partial charge >= 0.3 is 0 Å². The number of nitrogens with zero attached hydrogens (tertiary/aromatic N) is 2. The molecule has 0 saturated heterocycles. The summed E-state index contributed by atoms with van der Waals surface area (Å²) in [4.78, 5) is 18.7. The first-order valence-corrected chi connectivity index (χ1v) is 7.50. The molecule has 1 amide bonds. The maximum absolute atomic E-state index is 12.6.